The van der Waals surface area contributed by atoms with Gasteiger partial charge in [0, 0.05) is 10.5 Å². The predicted molar refractivity (Wildman–Crippen MR) is 118 cm³/mol. The van der Waals surface area contributed by atoms with Gasteiger partial charge in [-0.3, -0.25) is 0 Å². The SMILES string of the molecule is [C-]#[N+]c1ncc(Cl)cc1S[C@H]1OC(CO)[C@H](O)[C@H](n2cc(-c3ccc(C)c(F)c3)nn2)C1O. The molecule has 3 heterocycles. The molecule has 0 amide bonds. The zero-order chi connectivity index (χ0) is 23.7. The van der Waals surface area contributed by atoms with E-state index < -0.39 is 42.2 Å². The Morgan fingerprint density at radius 1 is 1.30 bits per heavy atom. The first-order chi connectivity index (χ1) is 15.8. The van der Waals surface area contributed by atoms with Gasteiger partial charge in [-0.15, -0.1) is 21.8 Å². The normalized spacial score (nSPS) is 25.1. The molecular formula is C21H19ClFN5O4S. The molecule has 0 radical (unpaired) electrons. The quantitative estimate of drug-likeness (QED) is 0.466. The lowest BCUT2D eigenvalue weighted by Gasteiger charge is -2.41. The molecule has 0 bridgehead atoms. The minimum absolute atomic E-state index is 0.0767. The standard InChI is InChI=1S/C21H19ClFN5O4S/c1-10-3-4-11(5-13(10)23)14-8-28(27-26-14)17-18(30)15(9-29)32-21(19(17)31)33-16-6-12(22)7-25-20(16)24-2/h3-8,15,17-19,21,29-31H,9H2,1H3/t15?,17-,18-,19?,21+/m0/s1. The lowest BCUT2D eigenvalue weighted by molar-refractivity contribution is -0.178. The van der Waals surface area contributed by atoms with Crippen LogP contribution in [-0.4, -0.2) is 65.7 Å². The Morgan fingerprint density at radius 2 is 2.09 bits per heavy atom. The van der Waals surface area contributed by atoms with Crippen molar-refractivity contribution in [3.05, 3.63) is 64.5 Å². The number of aryl methyl sites for hydroxylation is 1. The fourth-order valence-corrected chi connectivity index (χ4v) is 4.86. The lowest BCUT2D eigenvalue weighted by Crippen LogP contribution is -2.55. The molecule has 12 heteroatoms. The fraction of sp³-hybridized carbons (Fsp3) is 0.333. The summed E-state index contributed by atoms with van der Waals surface area (Å²) in [5.74, 6) is -0.316. The van der Waals surface area contributed by atoms with E-state index in [2.05, 4.69) is 20.1 Å². The van der Waals surface area contributed by atoms with Crippen LogP contribution in [0.5, 0.6) is 0 Å². The predicted octanol–water partition coefficient (Wildman–Crippen LogP) is 2.76. The summed E-state index contributed by atoms with van der Waals surface area (Å²) in [5.41, 5.74) is 0.331. The molecule has 3 aromatic rings. The molecular weight excluding hydrogens is 473 g/mol. The van der Waals surface area contributed by atoms with Crippen molar-refractivity contribution < 1.29 is 24.4 Å². The first-order valence-corrected chi connectivity index (χ1v) is 11.1. The molecule has 2 aromatic heterocycles. The van der Waals surface area contributed by atoms with Crippen molar-refractivity contribution in [3.8, 4) is 11.3 Å². The van der Waals surface area contributed by atoms with Crippen molar-refractivity contribution in [1.82, 2.24) is 20.0 Å². The number of nitrogens with zero attached hydrogens (tertiary/aromatic N) is 5. The number of halogens is 2. The van der Waals surface area contributed by atoms with E-state index in [-0.39, 0.29) is 5.82 Å². The molecule has 5 atom stereocenters. The molecule has 172 valence electrons. The van der Waals surface area contributed by atoms with Gasteiger partial charge in [-0.2, -0.15) is 0 Å². The highest BCUT2D eigenvalue weighted by atomic mass is 35.5. The molecule has 1 fully saturated rings. The number of benzene rings is 1. The largest absolute Gasteiger partial charge is 0.394 e. The number of ether oxygens (including phenoxy) is 1. The zero-order valence-corrected chi connectivity index (χ0v) is 18.8. The summed E-state index contributed by atoms with van der Waals surface area (Å²) in [6.07, 6.45) is -0.846. The van der Waals surface area contributed by atoms with Crippen LogP contribution in [0.25, 0.3) is 16.1 Å². The van der Waals surface area contributed by atoms with Crippen molar-refractivity contribution in [1.29, 1.82) is 0 Å². The average molecular weight is 492 g/mol. The maximum atomic E-state index is 14.0. The summed E-state index contributed by atoms with van der Waals surface area (Å²) in [6, 6.07) is 5.12. The van der Waals surface area contributed by atoms with E-state index in [9.17, 15) is 19.7 Å². The summed E-state index contributed by atoms with van der Waals surface area (Å²) in [6.45, 7) is 8.42. The van der Waals surface area contributed by atoms with Crippen LogP contribution in [0.1, 0.15) is 11.6 Å². The second-order valence-electron chi connectivity index (χ2n) is 7.45. The van der Waals surface area contributed by atoms with Gasteiger partial charge in [0.25, 0.3) is 5.82 Å². The van der Waals surface area contributed by atoms with Crippen LogP contribution in [0, 0.1) is 19.3 Å². The highest BCUT2D eigenvalue weighted by Gasteiger charge is 2.46. The summed E-state index contributed by atoms with van der Waals surface area (Å²) in [5, 5.41) is 39.9. The van der Waals surface area contributed by atoms with Crippen LogP contribution in [0.15, 0.2) is 41.6 Å². The third-order valence-electron chi connectivity index (χ3n) is 5.28. The molecule has 1 aliphatic heterocycles. The van der Waals surface area contributed by atoms with Gasteiger partial charge in [0.05, 0.1) is 17.8 Å². The molecule has 0 aliphatic carbocycles. The van der Waals surface area contributed by atoms with Gasteiger partial charge in [0.2, 0.25) is 0 Å². The van der Waals surface area contributed by atoms with Crippen LogP contribution < -0.4 is 0 Å². The van der Waals surface area contributed by atoms with Crippen LogP contribution >= 0.6 is 23.4 Å². The number of pyridine rings is 1. The Labute approximate surface area is 197 Å². The van der Waals surface area contributed by atoms with E-state index >= 15 is 0 Å². The number of hydrogen-bond donors (Lipinski definition) is 3. The van der Waals surface area contributed by atoms with Gasteiger partial charge < -0.3 is 24.9 Å². The number of aliphatic hydroxyl groups is 3. The Hall–Kier alpha value is -2.59. The van der Waals surface area contributed by atoms with E-state index in [0.29, 0.717) is 26.7 Å². The first-order valence-electron chi connectivity index (χ1n) is 9.83. The van der Waals surface area contributed by atoms with Crippen LogP contribution in [-0.2, 0) is 4.74 Å². The van der Waals surface area contributed by atoms with E-state index in [1.165, 1.54) is 29.2 Å². The van der Waals surface area contributed by atoms with E-state index in [0.717, 1.165) is 11.8 Å². The van der Waals surface area contributed by atoms with Crippen LogP contribution in [0.2, 0.25) is 5.02 Å². The van der Waals surface area contributed by atoms with Gasteiger partial charge in [-0.25, -0.2) is 9.07 Å². The molecule has 3 N–H and O–H groups in total. The van der Waals surface area contributed by atoms with Crippen LogP contribution in [0.3, 0.4) is 0 Å². The Kier molecular flexibility index (Phi) is 6.94. The second-order valence-corrected chi connectivity index (χ2v) is 9.03. The third-order valence-corrected chi connectivity index (χ3v) is 6.66. The number of aliphatic hydroxyl groups excluding tert-OH is 3. The molecule has 0 spiro atoms. The summed E-state index contributed by atoms with van der Waals surface area (Å²) < 4.78 is 21.0. The fourth-order valence-electron chi connectivity index (χ4n) is 3.49. The topological polar surface area (TPSA) is 118 Å². The molecule has 1 aliphatic rings. The Bertz CT molecular complexity index is 1210. The average Bonchev–Trinajstić information content (AvgIpc) is 3.27. The third kappa shape index (κ3) is 4.72. The maximum absolute atomic E-state index is 14.0. The van der Waals surface area contributed by atoms with Crippen molar-refractivity contribution >= 4 is 29.2 Å². The number of thioether (sulfide) groups is 1. The van der Waals surface area contributed by atoms with Crippen molar-refractivity contribution in [3.63, 3.8) is 0 Å². The van der Waals surface area contributed by atoms with E-state index in [4.69, 9.17) is 22.9 Å². The maximum Gasteiger partial charge on any atom is 0.283 e. The van der Waals surface area contributed by atoms with Gasteiger partial charge in [0.15, 0.2) is 0 Å². The van der Waals surface area contributed by atoms with Crippen molar-refractivity contribution in [2.45, 2.75) is 41.6 Å². The minimum Gasteiger partial charge on any atom is -0.394 e. The Morgan fingerprint density at radius 3 is 2.79 bits per heavy atom. The molecule has 4 rings (SSSR count). The monoisotopic (exact) mass is 491 g/mol. The Balaban J connectivity index is 1.65. The van der Waals surface area contributed by atoms with Gasteiger partial charge >= 0.3 is 0 Å². The van der Waals surface area contributed by atoms with Crippen LogP contribution in [0.4, 0.5) is 10.2 Å². The van der Waals surface area contributed by atoms with Gasteiger partial charge in [0.1, 0.15) is 47.5 Å². The van der Waals surface area contributed by atoms with E-state index in [1.54, 1.807) is 19.1 Å². The first kappa shape index (κ1) is 23.6. The molecule has 9 nitrogen and oxygen atoms in total. The van der Waals surface area contributed by atoms with E-state index in [1.807, 2.05) is 0 Å². The minimum atomic E-state index is -1.32. The molecule has 1 aromatic carbocycles. The van der Waals surface area contributed by atoms with Crippen molar-refractivity contribution in [2.24, 2.45) is 0 Å². The number of aromatic nitrogens is 4. The lowest BCUT2D eigenvalue weighted by atomic mass is 9.97. The number of rotatable bonds is 5. The summed E-state index contributed by atoms with van der Waals surface area (Å²) in [4.78, 5) is 7.69. The second kappa shape index (κ2) is 9.72. The molecule has 2 unspecified atom stereocenters. The zero-order valence-electron chi connectivity index (χ0n) is 17.2. The number of hydrogen-bond acceptors (Lipinski definition) is 8. The van der Waals surface area contributed by atoms with Gasteiger partial charge in [-0.05, 0) is 24.6 Å². The molecule has 0 saturated carbocycles. The summed E-state index contributed by atoms with van der Waals surface area (Å²) in [7, 11) is 0. The molecule has 1 saturated heterocycles. The molecule has 33 heavy (non-hydrogen) atoms. The highest BCUT2D eigenvalue weighted by molar-refractivity contribution is 8.00. The summed E-state index contributed by atoms with van der Waals surface area (Å²) >= 11 is 7.00. The van der Waals surface area contributed by atoms with Crippen molar-refractivity contribution in [2.75, 3.05) is 6.61 Å². The smallest absolute Gasteiger partial charge is 0.283 e. The van der Waals surface area contributed by atoms with Gasteiger partial charge in [-0.1, -0.05) is 35.5 Å². The highest BCUT2D eigenvalue weighted by Crippen LogP contribution is 2.41.